The van der Waals surface area contributed by atoms with E-state index >= 15 is 0 Å². The maximum absolute atomic E-state index is 4.54. The fourth-order valence-corrected chi connectivity index (χ4v) is 3.02. The van der Waals surface area contributed by atoms with E-state index in [0.29, 0.717) is 0 Å². The molecule has 0 atom stereocenters. The second-order valence-electron chi connectivity index (χ2n) is 4.12. The molecule has 3 aromatic rings. The molecule has 0 saturated heterocycles. The largest absolute Gasteiger partial charge is 0.363 e. The van der Waals surface area contributed by atoms with E-state index in [2.05, 4.69) is 30.9 Å². The molecule has 0 amide bonds. The standard InChI is InChI=1S/C12H11BrN4S/c1-17(2)10-6-3-7-11(15-10)16-12(14-7)8-4-5-9(13)18-8/h3-6H,1-2H3,(H,14,15,16). The molecule has 0 fully saturated rings. The summed E-state index contributed by atoms with van der Waals surface area (Å²) in [5.74, 6) is 1.78. The summed E-state index contributed by atoms with van der Waals surface area (Å²) < 4.78 is 1.10. The van der Waals surface area contributed by atoms with Gasteiger partial charge in [-0.25, -0.2) is 9.97 Å². The zero-order valence-corrected chi connectivity index (χ0v) is 12.3. The molecule has 3 rings (SSSR count). The van der Waals surface area contributed by atoms with Gasteiger partial charge in [0.05, 0.1) is 14.2 Å². The summed E-state index contributed by atoms with van der Waals surface area (Å²) in [6.45, 7) is 0. The maximum atomic E-state index is 4.54. The van der Waals surface area contributed by atoms with Crippen molar-refractivity contribution in [2.75, 3.05) is 19.0 Å². The van der Waals surface area contributed by atoms with Gasteiger partial charge in [-0.1, -0.05) is 0 Å². The van der Waals surface area contributed by atoms with Gasteiger partial charge in [0, 0.05) is 14.1 Å². The first kappa shape index (κ1) is 11.7. The number of fused-ring (bicyclic) bond motifs is 1. The van der Waals surface area contributed by atoms with Crippen LogP contribution >= 0.6 is 27.3 Å². The number of hydrogen-bond acceptors (Lipinski definition) is 4. The third kappa shape index (κ3) is 2.02. The van der Waals surface area contributed by atoms with E-state index in [0.717, 1.165) is 31.5 Å². The number of pyridine rings is 1. The van der Waals surface area contributed by atoms with E-state index in [1.807, 2.05) is 43.3 Å². The molecule has 0 spiro atoms. The number of aromatic nitrogens is 3. The summed E-state index contributed by atoms with van der Waals surface area (Å²) >= 11 is 5.11. The van der Waals surface area contributed by atoms with Crippen molar-refractivity contribution in [2.24, 2.45) is 0 Å². The summed E-state index contributed by atoms with van der Waals surface area (Å²) in [7, 11) is 3.94. The zero-order chi connectivity index (χ0) is 12.7. The van der Waals surface area contributed by atoms with Gasteiger partial charge in [0.1, 0.15) is 5.82 Å². The van der Waals surface area contributed by atoms with Crippen molar-refractivity contribution in [3.05, 3.63) is 28.1 Å². The molecule has 0 bridgehead atoms. The Morgan fingerprint density at radius 1 is 1.17 bits per heavy atom. The van der Waals surface area contributed by atoms with Crippen LogP contribution in [0.3, 0.4) is 0 Å². The number of rotatable bonds is 2. The van der Waals surface area contributed by atoms with Gasteiger partial charge < -0.3 is 9.88 Å². The van der Waals surface area contributed by atoms with E-state index < -0.39 is 0 Å². The highest BCUT2D eigenvalue weighted by atomic mass is 79.9. The van der Waals surface area contributed by atoms with E-state index in [-0.39, 0.29) is 0 Å². The Kier molecular flexibility index (Phi) is 2.83. The first-order valence-corrected chi connectivity index (χ1v) is 7.04. The third-order valence-corrected chi connectivity index (χ3v) is 4.23. The number of H-pyrrole nitrogens is 1. The Bertz CT molecular complexity index is 701. The van der Waals surface area contributed by atoms with Crippen LogP contribution in [0.25, 0.3) is 21.9 Å². The highest BCUT2D eigenvalue weighted by Crippen LogP contribution is 2.30. The average Bonchev–Trinajstić information content (AvgIpc) is 2.93. The van der Waals surface area contributed by atoms with E-state index in [1.54, 1.807) is 11.3 Å². The Labute approximate surface area is 117 Å². The minimum Gasteiger partial charge on any atom is -0.363 e. The van der Waals surface area contributed by atoms with Crippen LogP contribution in [0.1, 0.15) is 0 Å². The summed E-state index contributed by atoms with van der Waals surface area (Å²) in [5.41, 5.74) is 1.71. The van der Waals surface area contributed by atoms with Crippen LogP contribution in [0.2, 0.25) is 0 Å². The number of thiophene rings is 1. The minimum atomic E-state index is 0.751. The highest BCUT2D eigenvalue weighted by Gasteiger charge is 2.09. The van der Waals surface area contributed by atoms with Gasteiger partial charge in [0.15, 0.2) is 11.5 Å². The van der Waals surface area contributed by atoms with Crippen LogP contribution in [0.4, 0.5) is 5.82 Å². The molecular weight excluding hydrogens is 312 g/mol. The Balaban J connectivity index is 2.11. The van der Waals surface area contributed by atoms with Gasteiger partial charge in [-0.3, -0.25) is 0 Å². The predicted molar refractivity (Wildman–Crippen MR) is 79.2 cm³/mol. The number of halogens is 1. The molecule has 4 nitrogen and oxygen atoms in total. The summed E-state index contributed by atoms with van der Waals surface area (Å²) in [6, 6.07) is 8.05. The Morgan fingerprint density at radius 3 is 2.67 bits per heavy atom. The van der Waals surface area contributed by atoms with Crippen LogP contribution in [-0.2, 0) is 0 Å². The molecular formula is C12H11BrN4S. The summed E-state index contributed by atoms with van der Waals surface area (Å²) in [6.07, 6.45) is 0. The number of nitrogens with zero attached hydrogens (tertiary/aromatic N) is 3. The number of aromatic amines is 1. The SMILES string of the molecule is CN(C)c1ccc2[nH]c(-c3ccc(Br)s3)nc2n1. The van der Waals surface area contributed by atoms with Crippen molar-refractivity contribution in [2.45, 2.75) is 0 Å². The van der Waals surface area contributed by atoms with Gasteiger partial charge in [-0.05, 0) is 40.2 Å². The lowest BCUT2D eigenvalue weighted by Gasteiger charge is -2.09. The fourth-order valence-electron chi connectivity index (χ4n) is 1.69. The lowest BCUT2D eigenvalue weighted by molar-refractivity contribution is 1.08. The minimum absolute atomic E-state index is 0.751. The number of imidazole rings is 1. The quantitative estimate of drug-likeness (QED) is 0.785. The molecule has 6 heteroatoms. The molecule has 1 N–H and O–H groups in total. The third-order valence-electron chi connectivity index (χ3n) is 2.60. The van der Waals surface area contributed by atoms with Crippen LogP contribution in [0.5, 0.6) is 0 Å². The van der Waals surface area contributed by atoms with E-state index in [9.17, 15) is 0 Å². The molecule has 3 aromatic heterocycles. The smallest absolute Gasteiger partial charge is 0.180 e. The molecule has 18 heavy (non-hydrogen) atoms. The van der Waals surface area contributed by atoms with E-state index in [4.69, 9.17) is 0 Å². The molecule has 0 saturated carbocycles. The molecule has 92 valence electrons. The molecule has 0 aromatic carbocycles. The van der Waals surface area contributed by atoms with Crippen molar-refractivity contribution in [3.63, 3.8) is 0 Å². The summed E-state index contributed by atoms with van der Waals surface area (Å²) in [4.78, 5) is 15.4. The molecule has 0 aliphatic carbocycles. The van der Waals surface area contributed by atoms with Crippen molar-refractivity contribution in [1.82, 2.24) is 15.0 Å². The van der Waals surface area contributed by atoms with Crippen LogP contribution < -0.4 is 4.90 Å². The zero-order valence-electron chi connectivity index (χ0n) is 9.94. The van der Waals surface area contributed by atoms with Crippen molar-refractivity contribution in [3.8, 4) is 10.7 Å². The van der Waals surface area contributed by atoms with Crippen LogP contribution in [0.15, 0.2) is 28.1 Å². The van der Waals surface area contributed by atoms with Gasteiger partial charge in [0.25, 0.3) is 0 Å². The molecule has 0 aliphatic heterocycles. The normalized spacial score (nSPS) is 11.1. The second-order valence-corrected chi connectivity index (χ2v) is 6.59. The Hall–Kier alpha value is -1.40. The maximum Gasteiger partial charge on any atom is 0.180 e. The van der Waals surface area contributed by atoms with Crippen molar-refractivity contribution >= 4 is 44.2 Å². The highest BCUT2D eigenvalue weighted by molar-refractivity contribution is 9.11. The lowest BCUT2D eigenvalue weighted by Crippen LogP contribution is -2.10. The first-order chi connectivity index (χ1) is 8.63. The van der Waals surface area contributed by atoms with Crippen LogP contribution in [-0.4, -0.2) is 29.0 Å². The first-order valence-electron chi connectivity index (χ1n) is 5.43. The topological polar surface area (TPSA) is 44.8 Å². The molecule has 0 radical (unpaired) electrons. The number of hydrogen-bond donors (Lipinski definition) is 1. The monoisotopic (exact) mass is 322 g/mol. The number of nitrogens with one attached hydrogen (secondary N) is 1. The average molecular weight is 323 g/mol. The van der Waals surface area contributed by atoms with E-state index in [1.165, 1.54) is 0 Å². The van der Waals surface area contributed by atoms with Gasteiger partial charge in [-0.2, -0.15) is 0 Å². The second kappa shape index (κ2) is 4.37. The molecule has 0 unspecified atom stereocenters. The molecule has 0 aliphatic rings. The van der Waals surface area contributed by atoms with Gasteiger partial charge >= 0.3 is 0 Å². The summed E-state index contributed by atoms with van der Waals surface area (Å²) in [5, 5.41) is 0. The molecule has 3 heterocycles. The fraction of sp³-hybridized carbons (Fsp3) is 0.167. The predicted octanol–water partition coefficient (Wildman–Crippen LogP) is 3.51. The Morgan fingerprint density at radius 2 is 2.00 bits per heavy atom. The van der Waals surface area contributed by atoms with Gasteiger partial charge in [-0.15, -0.1) is 11.3 Å². The van der Waals surface area contributed by atoms with Crippen molar-refractivity contribution < 1.29 is 0 Å². The van der Waals surface area contributed by atoms with Crippen molar-refractivity contribution in [1.29, 1.82) is 0 Å². The number of anilines is 1. The van der Waals surface area contributed by atoms with Crippen LogP contribution in [0, 0.1) is 0 Å². The lowest BCUT2D eigenvalue weighted by atomic mass is 10.4. The van der Waals surface area contributed by atoms with Gasteiger partial charge in [0.2, 0.25) is 0 Å².